The second kappa shape index (κ2) is 6.75. The molecule has 1 aliphatic heterocycles. The summed E-state index contributed by atoms with van der Waals surface area (Å²) in [6.07, 6.45) is 3.82. The zero-order valence-electron chi connectivity index (χ0n) is 13.5. The smallest absolute Gasteiger partial charge is 0.160 e. The highest BCUT2D eigenvalue weighted by Gasteiger charge is 2.18. The molecule has 126 valence electrons. The summed E-state index contributed by atoms with van der Waals surface area (Å²) in [5.41, 5.74) is 2.94. The van der Waals surface area contributed by atoms with Gasteiger partial charge >= 0.3 is 0 Å². The van der Waals surface area contributed by atoms with Crippen LogP contribution in [-0.4, -0.2) is 27.4 Å². The zero-order chi connectivity index (χ0) is 17.3. The molecule has 0 bridgehead atoms. The van der Waals surface area contributed by atoms with Crippen molar-refractivity contribution in [3.63, 3.8) is 0 Å². The first-order valence-corrected chi connectivity index (χ1v) is 8.77. The van der Waals surface area contributed by atoms with Crippen LogP contribution in [0.15, 0.2) is 54.9 Å². The molecule has 0 amide bonds. The summed E-state index contributed by atoms with van der Waals surface area (Å²) in [6, 6.07) is 12.2. The molecular formula is C18H19FN2O2S. The van der Waals surface area contributed by atoms with Crippen molar-refractivity contribution in [2.45, 2.75) is 12.2 Å². The Kier molecular flexibility index (Phi) is 4.69. The quantitative estimate of drug-likeness (QED) is 0.851. The van der Waals surface area contributed by atoms with E-state index in [9.17, 15) is 13.2 Å². The van der Waals surface area contributed by atoms with Gasteiger partial charge in [0.05, 0.1) is 11.9 Å². The highest BCUT2D eigenvalue weighted by molar-refractivity contribution is 7.79. The van der Waals surface area contributed by atoms with Gasteiger partial charge in [0.1, 0.15) is 5.82 Å². The Hall–Kier alpha value is -2.18. The molecular weight excluding hydrogens is 327 g/mol. The van der Waals surface area contributed by atoms with Crippen LogP contribution >= 0.6 is 0 Å². The number of hydrogen-bond acceptors (Lipinski definition) is 3. The lowest BCUT2D eigenvalue weighted by atomic mass is 9.97. The van der Waals surface area contributed by atoms with E-state index in [1.165, 1.54) is 12.1 Å². The first-order chi connectivity index (χ1) is 11.5. The second-order valence-corrected chi connectivity index (χ2v) is 7.13. The number of anilines is 1. The molecule has 24 heavy (non-hydrogen) atoms. The van der Waals surface area contributed by atoms with Gasteiger partial charge in [0.2, 0.25) is 0 Å². The lowest BCUT2D eigenvalue weighted by Crippen LogP contribution is -2.21. The lowest BCUT2D eigenvalue weighted by molar-refractivity contribution is 0.495. The van der Waals surface area contributed by atoms with E-state index in [0.717, 1.165) is 16.8 Å². The summed E-state index contributed by atoms with van der Waals surface area (Å²) in [5.74, 6) is -0.335. The van der Waals surface area contributed by atoms with Crippen molar-refractivity contribution >= 4 is 16.8 Å². The van der Waals surface area contributed by atoms with Crippen molar-refractivity contribution in [2.75, 3.05) is 18.6 Å². The number of halogens is 1. The Labute approximate surface area is 143 Å². The molecule has 0 aromatic heterocycles. The predicted molar refractivity (Wildman–Crippen MR) is 95.3 cm³/mol. The third kappa shape index (κ3) is 3.34. The summed E-state index contributed by atoms with van der Waals surface area (Å²) in [7, 11) is 1.95. The van der Waals surface area contributed by atoms with Crippen LogP contribution in [0.5, 0.6) is 0 Å². The van der Waals surface area contributed by atoms with E-state index >= 15 is 0 Å². The van der Waals surface area contributed by atoms with Gasteiger partial charge in [-0.2, -0.15) is 0 Å². The fourth-order valence-electron chi connectivity index (χ4n) is 2.82. The van der Waals surface area contributed by atoms with Gasteiger partial charge in [-0.1, -0.05) is 24.3 Å². The minimum Gasteiger partial charge on any atom is -0.361 e. The monoisotopic (exact) mass is 346 g/mol. The first-order valence-electron chi connectivity index (χ1n) is 7.60. The Bertz CT molecular complexity index is 809. The third-order valence-electron chi connectivity index (χ3n) is 4.10. The van der Waals surface area contributed by atoms with Crippen LogP contribution in [0.3, 0.4) is 0 Å². The van der Waals surface area contributed by atoms with Crippen molar-refractivity contribution in [1.82, 2.24) is 4.90 Å². The molecule has 0 spiro atoms. The fraction of sp³-hybridized carbons (Fsp3) is 0.222. The van der Waals surface area contributed by atoms with Crippen LogP contribution in [-0.2, 0) is 11.1 Å². The van der Waals surface area contributed by atoms with Gasteiger partial charge in [0.15, 0.2) is 11.1 Å². The molecule has 2 unspecified atom stereocenters. The molecule has 4 nitrogen and oxygen atoms in total. The van der Waals surface area contributed by atoms with Crippen molar-refractivity contribution < 1.29 is 13.2 Å². The van der Waals surface area contributed by atoms with E-state index in [1.807, 2.05) is 59.6 Å². The Morgan fingerprint density at radius 2 is 1.96 bits per heavy atom. The first kappa shape index (κ1) is 16.7. The largest absolute Gasteiger partial charge is 0.361 e. The van der Waals surface area contributed by atoms with E-state index in [2.05, 4.69) is 0 Å². The maximum Gasteiger partial charge on any atom is 0.160 e. The molecule has 2 aromatic rings. The second-order valence-electron chi connectivity index (χ2n) is 5.87. The number of benzene rings is 2. The standard InChI is InChI=1S/C18H19FN2O2S/c1-13(24(22)23)17-5-3-4-6-18(17)14-9-15(19)11-16(10-14)21-8-7-20(2)12-21/h3-11,13H,12H2,1-2H3,(H,22,23). The third-order valence-corrected chi connectivity index (χ3v) is 4.96. The zero-order valence-corrected chi connectivity index (χ0v) is 14.3. The molecule has 0 fully saturated rings. The van der Waals surface area contributed by atoms with E-state index in [-0.39, 0.29) is 5.82 Å². The van der Waals surface area contributed by atoms with E-state index < -0.39 is 16.3 Å². The maximum absolute atomic E-state index is 14.2. The van der Waals surface area contributed by atoms with E-state index in [1.54, 1.807) is 6.92 Å². The number of nitrogens with zero attached hydrogens (tertiary/aromatic N) is 2. The van der Waals surface area contributed by atoms with Crippen LogP contribution in [0.1, 0.15) is 17.7 Å². The molecule has 1 N–H and O–H groups in total. The van der Waals surface area contributed by atoms with Gasteiger partial charge in [-0.05, 0) is 41.8 Å². The van der Waals surface area contributed by atoms with Gasteiger partial charge in [0.25, 0.3) is 0 Å². The SMILES string of the molecule is CC(c1ccccc1-c1cc(F)cc(N2C=CN(C)C2)c1)S(=O)O. The summed E-state index contributed by atoms with van der Waals surface area (Å²) in [6.45, 7) is 2.34. The minimum absolute atomic E-state index is 0.335. The molecule has 2 atom stereocenters. The fourth-order valence-corrected chi connectivity index (χ4v) is 3.24. The van der Waals surface area contributed by atoms with Crippen LogP contribution in [0.25, 0.3) is 11.1 Å². The Morgan fingerprint density at radius 3 is 2.62 bits per heavy atom. The Morgan fingerprint density at radius 1 is 1.21 bits per heavy atom. The number of rotatable bonds is 4. The summed E-state index contributed by atoms with van der Waals surface area (Å²) >= 11 is -1.98. The molecule has 0 radical (unpaired) electrons. The van der Waals surface area contributed by atoms with Crippen LogP contribution in [0, 0.1) is 5.82 Å². The molecule has 2 aromatic carbocycles. The Balaban J connectivity index is 2.06. The van der Waals surface area contributed by atoms with Gasteiger partial charge in [0, 0.05) is 25.1 Å². The summed E-state index contributed by atoms with van der Waals surface area (Å²) in [4.78, 5) is 3.94. The summed E-state index contributed by atoms with van der Waals surface area (Å²) in [5, 5.41) is -0.550. The van der Waals surface area contributed by atoms with Gasteiger partial charge in [-0.25, -0.2) is 8.60 Å². The predicted octanol–water partition coefficient (Wildman–Crippen LogP) is 3.96. The van der Waals surface area contributed by atoms with Crippen LogP contribution in [0.2, 0.25) is 0 Å². The molecule has 1 heterocycles. The summed E-state index contributed by atoms with van der Waals surface area (Å²) < 4.78 is 35.1. The van der Waals surface area contributed by atoms with E-state index in [4.69, 9.17) is 0 Å². The molecule has 3 rings (SSSR count). The van der Waals surface area contributed by atoms with Crippen molar-refractivity contribution in [3.05, 3.63) is 66.2 Å². The highest BCUT2D eigenvalue weighted by Crippen LogP contribution is 2.33. The molecule has 1 aliphatic rings. The number of hydrogen-bond donors (Lipinski definition) is 1. The maximum atomic E-state index is 14.2. The van der Waals surface area contributed by atoms with Gasteiger partial charge in [-0.3, -0.25) is 0 Å². The van der Waals surface area contributed by atoms with Crippen molar-refractivity contribution in [1.29, 1.82) is 0 Å². The average molecular weight is 346 g/mol. The highest BCUT2D eigenvalue weighted by atomic mass is 32.2. The van der Waals surface area contributed by atoms with Crippen LogP contribution < -0.4 is 4.90 Å². The normalized spacial score (nSPS) is 16.5. The van der Waals surface area contributed by atoms with Gasteiger partial charge in [-0.15, -0.1) is 0 Å². The molecule has 0 saturated carbocycles. The topological polar surface area (TPSA) is 43.8 Å². The van der Waals surface area contributed by atoms with Gasteiger partial charge < -0.3 is 14.4 Å². The lowest BCUT2D eigenvalue weighted by Gasteiger charge is -2.20. The van der Waals surface area contributed by atoms with E-state index in [0.29, 0.717) is 12.2 Å². The minimum atomic E-state index is -1.98. The molecule has 0 saturated heterocycles. The van der Waals surface area contributed by atoms with Crippen LogP contribution in [0.4, 0.5) is 10.1 Å². The average Bonchev–Trinajstić information content (AvgIpc) is 3.00. The molecule has 0 aliphatic carbocycles. The van der Waals surface area contributed by atoms with Crippen molar-refractivity contribution in [3.8, 4) is 11.1 Å². The van der Waals surface area contributed by atoms with Crippen molar-refractivity contribution in [2.24, 2.45) is 0 Å². The molecule has 6 heteroatoms.